The molecule has 0 fully saturated rings. The molecule has 1 aliphatic heterocycles. The fourth-order valence-corrected chi connectivity index (χ4v) is 2.05. The van der Waals surface area contributed by atoms with E-state index in [1.54, 1.807) is 6.92 Å². The van der Waals surface area contributed by atoms with Crippen LogP contribution in [0, 0.1) is 0 Å². The van der Waals surface area contributed by atoms with E-state index in [1.807, 2.05) is 31.2 Å². The number of carbonyl (C=O) groups excluding carboxylic acids is 1. The highest BCUT2D eigenvalue weighted by atomic mass is 16.5. The average Bonchev–Trinajstić information content (AvgIpc) is 2.69. The zero-order chi connectivity index (χ0) is 13.0. The Labute approximate surface area is 107 Å². The highest BCUT2D eigenvalue weighted by Gasteiger charge is 2.27. The van der Waals surface area contributed by atoms with Crippen molar-refractivity contribution in [1.29, 1.82) is 0 Å². The molecule has 18 heavy (non-hydrogen) atoms. The minimum Gasteiger partial charge on any atom is -0.478 e. The van der Waals surface area contributed by atoms with Crippen molar-refractivity contribution >= 4 is 11.9 Å². The van der Waals surface area contributed by atoms with E-state index in [2.05, 4.69) is 4.99 Å². The van der Waals surface area contributed by atoms with Gasteiger partial charge in [0.05, 0.1) is 25.7 Å². The van der Waals surface area contributed by atoms with Gasteiger partial charge in [-0.05, 0) is 25.5 Å². The van der Waals surface area contributed by atoms with E-state index >= 15 is 0 Å². The first-order valence-electron chi connectivity index (χ1n) is 6.21. The summed E-state index contributed by atoms with van der Waals surface area (Å²) in [6.07, 6.45) is 0.265. The largest absolute Gasteiger partial charge is 0.478 e. The van der Waals surface area contributed by atoms with Crippen LogP contribution in [0.2, 0.25) is 0 Å². The Morgan fingerprint density at radius 1 is 1.28 bits per heavy atom. The van der Waals surface area contributed by atoms with Crippen LogP contribution in [0.5, 0.6) is 0 Å². The molecule has 4 nitrogen and oxygen atoms in total. The third kappa shape index (κ3) is 2.53. The maximum Gasteiger partial charge on any atom is 0.308 e. The van der Waals surface area contributed by atoms with Crippen molar-refractivity contribution in [1.82, 2.24) is 0 Å². The average molecular weight is 247 g/mol. The molecular weight excluding hydrogens is 230 g/mol. The molecule has 0 saturated heterocycles. The summed E-state index contributed by atoms with van der Waals surface area (Å²) in [6, 6.07) is 7.66. The van der Waals surface area contributed by atoms with E-state index in [9.17, 15) is 4.79 Å². The number of ether oxygens (including phenoxy) is 2. The number of fused-ring (bicyclic) bond motifs is 1. The third-order valence-corrected chi connectivity index (χ3v) is 2.77. The number of benzene rings is 1. The number of carbonyl (C=O) groups is 1. The molecule has 0 saturated carbocycles. The molecule has 2 rings (SSSR count). The lowest BCUT2D eigenvalue weighted by Crippen LogP contribution is -2.08. The van der Waals surface area contributed by atoms with Gasteiger partial charge in [-0.3, -0.25) is 4.79 Å². The molecule has 0 aromatic heterocycles. The van der Waals surface area contributed by atoms with Gasteiger partial charge in [-0.2, -0.15) is 0 Å². The van der Waals surface area contributed by atoms with Gasteiger partial charge in [-0.1, -0.05) is 18.2 Å². The smallest absolute Gasteiger partial charge is 0.308 e. The highest BCUT2D eigenvalue weighted by Crippen LogP contribution is 2.32. The predicted octanol–water partition coefficient (Wildman–Crippen LogP) is 2.48. The van der Waals surface area contributed by atoms with E-state index in [0.717, 1.165) is 11.1 Å². The summed E-state index contributed by atoms with van der Waals surface area (Å²) in [5.74, 6) is 0.404. The summed E-state index contributed by atoms with van der Waals surface area (Å²) < 4.78 is 10.5. The van der Waals surface area contributed by atoms with Crippen molar-refractivity contribution in [2.45, 2.75) is 26.3 Å². The second-order valence-corrected chi connectivity index (χ2v) is 3.98. The molecule has 0 radical (unpaired) electrons. The monoisotopic (exact) mass is 247 g/mol. The quantitative estimate of drug-likeness (QED) is 0.768. The minimum absolute atomic E-state index is 0.179. The summed E-state index contributed by atoms with van der Waals surface area (Å²) in [5.41, 5.74) is 2.02. The van der Waals surface area contributed by atoms with Crippen LogP contribution in [0.25, 0.3) is 0 Å². The van der Waals surface area contributed by atoms with Gasteiger partial charge in [0.15, 0.2) is 0 Å². The number of hydrogen-bond acceptors (Lipinski definition) is 4. The predicted molar refractivity (Wildman–Crippen MR) is 68.6 cm³/mol. The second-order valence-electron chi connectivity index (χ2n) is 3.98. The fourth-order valence-electron chi connectivity index (χ4n) is 2.05. The lowest BCUT2D eigenvalue weighted by atomic mass is 10.0. The molecule has 1 aromatic rings. The summed E-state index contributed by atoms with van der Waals surface area (Å²) in [4.78, 5) is 16.0. The van der Waals surface area contributed by atoms with Crippen molar-refractivity contribution in [3.05, 3.63) is 35.4 Å². The molecule has 1 unspecified atom stereocenters. The van der Waals surface area contributed by atoms with Crippen LogP contribution in [-0.2, 0) is 14.3 Å². The minimum atomic E-state index is -0.223. The number of rotatable bonds is 4. The Bertz CT molecular complexity index is 468. The first kappa shape index (κ1) is 12.6. The molecule has 0 N–H and O–H groups in total. The summed E-state index contributed by atoms with van der Waals surface area (Å²) >= 11 is 0. The van der Waals surface area contributed by atoms with Crippen LogP contribution in [-0.4, -0.2) is 25.1 Å². The van der Waals surface area contributed by atoms with Gasteiger partial charge < -0.3 is 9.47 Å². The second kappa shape index (κ2) is 5.67. The Kier molecular flexibility index (Phi) is 3.97. The summed E-state index contributed by atoms with van der Waals surface area (Å²) in [6.45, 7) is 4.69. The molecule has 1 heterocycles. The number of aliphatic imine (C=N–C) groups is 1. The molecule has 0 amide bonds. The van der Waals surface area contributed by atoms with Crippen molar-refractivity contribution < 1.29 is 14.3 Å². The number of nitrogens with zero attached hydrogens (tertiary/aromatic N) is 1. The molecular formula is C14H17NO3. The summed E-state index contributed by atoms with van der Waals surface area (Å²) in [7, 11) is 0. The van der Waals surface area contributed by atoms with Crippen LogP contribution >= 0.6 is 0 Å². The van der Waals surface area contributed by atoms with Gasteiger partial charge in [-0.25, -0.2) is 4.99 Å². The SMILES string of the molecule is CCOC(=O)CC1N=C(OCC)c2ccccc21. The van der Waals surface area contributed by atoms with Gasteiger partial charge in [0, 0.05) is 5.56 Å². The Morgan fingerprint density at radius 3 is 2.78 bits per heavy atom. The summed E-state index contributed by atoms with van der Waals surface area (Å²) in [5, 5.41) is 0. The zero-order valence-corrected chi connectivity index (χ0v) is 10.7. The maximum absolute atomic E-state index is 11.5. The topological polar surface area (TPSA) is 47.9 Å². The van der Waals surface area contributed by atoms with Gasteiger partial charge in [0.25, 0.3) is 0 Å². The Hall–Kier alpha value is -1.84. The van der Waals surface area contributed by atoms with Gasteiger partial charge in [0.2, 0.25) is 5.90 Å². The van der Waals surface area contributed by atoms with E-state index in [4.69, 9.17) is 9.47 Å². The van der Waals surface area contributed by atoms with Crippen molar-refractivity contribution in [2.75, 3.05) is 13.2 Å². The van der Waals surface area contributed by atoms with Crippen molar-refractivity contribution in [3.8, 4) is 0 Å². The first-order chi connectivity index (χ1) is 8.76. The van der Waals surface area contributed by atoms with E-state index in [0.29, 0.717) is 19.1 Å². The lowest BCUT2D eigenvalue weighted by Gasteiger charge is -2.07. The van der Waals surface area contributed by atoms with Crippen LogP contribution in [0.3, 0.4) is 0 Å². The normalized spacial score (nSPS) is 17.0. The molecule has 1 aromatic carbocycles. The molecule has 4 heteroatoms. The van der Waals surface area contributed by atoms with Gasteiger partial charge >= 0.3 is 5.97 Å². The highest BCUT2D eigenvalue weighted by molar-refractivity contribution is 5.98. The van der Waals surface area contributed by atoms with Crippen LogP contribution in [0.15, 0.2) is 29.3 Å². The Morgan fingerprint density at radius 2 is 2.06 bits per heavy atom. The molecule has 1 atom stereocenters. The van der Waals surface area contributed by atoms with Gasteiger partial charge in [-0.15, -0.1) is 0 Å². The van der Waals surface area contributed by atoms with E-state index in [1.165, 1.54) is 0 Å². The Balaban J connectivity index is 2.19. The van der Waals surface area contributed by atoms with Gasteiger partial charge in [0.1, 0.15) is 0 Å². The molecule has 0 bridgehead atoms. The van der Waals surface area contributed by atoms with E-state index < -0.39 is 0 Å². The van der Waals surface area contributed by atoms with Crippen molar-refractivity contribution in [3.63, 3.8) is 0 Å². The standard InChI is InChI=1S/C14H17NO3/c1-3-17-13(16)9-12-10-7-5-6-8-11(10)14(15-12)18-4-2/h5-8,12H,3-4,9H2,1-2H3. The molecule has 0 aliphatic carbocycles. The number of esters is 1. The van der Waals surface area contributed by atoms with Crippen LogP contribution < -0.4 is 0 Å². The zero-order valence-electron chi connectivity index (χ0n) is 10.7. The van der Waals surface area contributed by atoms with E-state index in [-0.39, 0.29) is 18.4 Å². The molecule has 0 spiro atoms. The maximum atomic E-state index is 11.5. The number of hydrogen-bond donors (Lipinski definition) is 0. The lowest BCUT2D eigenvalue weighted by molar-refractivity contribution is -0.143. The fraction of sp³-hybridized carbons (Fsp3) is 0.429. The first-order valence-corrected chi connectivity index (χ1v) is 6.21. The van der Waals surface area contributed by atoms with Crippen molar-refractivity contribution in [2.24, 2.45) is 4.99 Å². The molecule has 1 aliphatic rings. The van der Waals surface area contributed by atoms with Crippen LogP contribution in [0.1, 0.15) is 37.4 Å². The van der Waals surface area contributed by atoms with Crippen LogP contribution in [0.4, 0.5) is 0 Å². The third-order valence-electron chi connectivity index (χ3n) is 2.77. The molecule has 96 valence electrons.